The molecule has 2 N–H and O–H groups in total. The molecule has 0 aliphatic rings. The van der Waals surface area contributed by atoms with E-state index in [-0.39, 0.29) is 5.69 Å². The van der Waals surface area contributed by atoms with E-state index in [9.17, 15) is 4.79 Å². The highest BCUT2D eigenvalue weighted by Crippen LogP contribution is 2.26. The third-order valence-electron chi connectivity index (χ3n) is 2.06. The van der Waals surface area contributed by atoms with Crippen LogP contribution >= 0.6 is 34.2 Å². The topological polar surface area (TPSA) is 75.1 Å². The predicted molar refractivity (Wildman–Crippen MR) is 76.4 cm³/mol. The Bertz CT molecular complexity index is 589. The number of anilines is 2. The second-order valence-electron chi connectivity index (χ2n) is 3.34. The Morgan fingerprint density at radius 3 is 2.67 bits per heavy atom. The van der Waals surface area contributed by atoms with E-state index >= 15 is 0 Å². The summed E-state index contributed by atoms with van der Waals surface area (Å²) in [4.78, 5) is 18.3. The zero-order valence-electron chi connectivity index (χ0n) is 8.89. The zero-order chi connectivity index (χ0) is 13.1. The van der Waals surface area contributed by atoms with E-state index in [1.54, 1.807) is 0 Å². The van der Waals surface area contributed by atoms with Gasteiger partial charge in [0.25, 0.3) is 0 Å². The Morgan fingerprint density at radius 2 is 2.11 bits per heavy atom. The molecule has 0 aliphatic carbocycles. The highest BCUT2D eigenvalue weighted by molar-refractivity contribution is 14.1. The summed E-state index contributed by atoms with van der Waals surface area (Å²) in [6.45, 7) is 0. The normalized spacial score (nSPS) is 10.1. The highest BCUT2D eigenvalue weighted by Gasteiger charge is 2.06. The fourth-order valence-corrected chi connectivity index (χ4v) is 2.13. The summed E-state index contributed by atoms with van der Waals surface area (Å²) < 4.78 is 1.02. The van der Waals surface area contributed by atoms with Crippen LogP contribution < -0.4 is 5.32 Å². The van der Waals surface area contributed by atoms with Crippen LogP contribution in [0.5, 0.6) is 0 Å². The van der Waals surface area contributed by atoms with E-state index < -0.39 is 5.97 Å². The van der Waals surface area contributed by atoms with Crippen molar-refractivity contribution < 1.29 is 9.90 Å². The number of carboxylic acids is 1. The molecule has 0 fully saturated rings. The molecule has 2 rings (SSSR count). The van der Waals surface area contributed by atoms with E-state index in [1.165, 1.54) is 12.4 Å². The summed E-state index contributed by atoms with van der Waals surface area (Å²) in [5.74, 6) is -0.676. The molecule has 0 atom stereocenters. The second-order valence-corrected chi connectivity index (χ2v) is 4.99. The van der Waals surface area contributed by atoms with Gasteiger partial charge in [-0.2, -0.15) is 0 Å². The average Bonchev–Trinajstić information content (AvgIpc) is 2.33. The lowest BCUT2D eigenvalue weighted by Gasteiger charge is -2.07. The van der Waals surface area contributed by atoms with Crippen molar-refractivity contribution in [1.29, 1.82) is 0 Å². The van der Waals surface area contributed by atoms with Crippen molar-refractivity contribution in [2.24, 2.45) is 0 Å². The number of nitrogens with one attached hydrogen (secondary N) is 1. The van der Waals surface area contributed by atoms with E-state index in [1.807, 2.05) is 18.2 Å². The van der Waals surface area contributed by atoms with Crippen molar-refractivity contribution in [3.05, 3.63) is 44.9 Å². The van der Waals surface area contributed by atoms with Gasteiger partial charge in [-0.3, -0.25) is 0 Å². The van der Waals surface area contributed by atoms with Gasteiger partial charge in [-0.25, -0.2) is 14.8 Å². The maximum atomic E-state index is 10.6. The molecule has 7 heteroatoms. The Labute approximate surface area is 121 Å². The molecule has 1 heterocycles. The molecule has 0 bridgehead atoms. The fraction of sp³-hybridized carbons (Fsp3) is 0. The maximum Gasteiger partial charge on any atom is 0.356 e. The summed E-state index contributed by atoms with van der Waals surface area (Å²) in [5, 5.41) is 12.2. The first-order chi connectivity index (χ1) is 8.56. The maximum absolute atomic E-state index is 10.6. The van der Waals surface area contributed by atoms with Gasteiger partial charge in [0.15, 0.2) is 5.69 Å². The molecule has 0 spiro atoms. The third-order valence-corrected chi connectivity index (χ3v) is 3.05. The van der Waals surface area contributed by atoms with Crippen molar-refractivity contribution in [3.8, 4) is 0 Å². The highest BCUT2D eigenvalue weighted by atomic mass is 127. The average molecular weight is 376 g/mol. The van der Waals surface area contributed by atoms with Crippen molar-refractivity contribution >= 4 is 51.7 Å². The molecule has 2 aromatic rings. The lowest BCUT2D eigenvalue weighted by atomic mass is 10.3. The second kappa shape index (κ2) is 5.49. The summed E-state index contributed by atoms with van der Waals surface area (Å²) in [6.07, 6.45) is 2.53. The monoisotopic (exact) mass is 375 g/mol. The van der Waals surface area contributed by atoms with Crippen LogP contribution in [0.3, 0.4) is 0 Å². The molecular formula is C11H7ClIN3O2. The number of carbonyl (C=O) groups is 1. The van der Waals surface area contributed by atoms with Gasteiger partial charge in [0.1, 0.15) is 5.82 Å². The molecule has 0 unspecified atom stereocenters. The molecule has 0 saturated carbocycles. The van der Waals surface area contributed by atoms with E-state index in [0.29, 0.717) is 16.5 Å². The number of halogens is 2. The van der Waals surface area contributed by atoms with E-state index in [4.69, 9.17) is 16.7 Å². The quantitative estimate of drug-likeness (QED) is 0.806. The first-order valence-corrected chi connectivity index (χ1v) is 6.29. The summed E-state index contributed by atoms with van der Waals surface area (Å²) in [5.41, 5.74) is 0.587. The molecular weight excluding hydrogens is 368 g/mol. The standard InChI is InChI=1S/C11H7ClIN3O2/c12-7-3-6(13)1-2-8(7)16-10-5-14-9(4-15-10)11(17)18/h1-5H,(H,15,16)(H,17,18). The minimum absolute atomic E-state index is 0.103. The molecule has 1 aromatic heterocycles. The number of benzene rings is 1. The van der Waals surface area contributed by atoms with Gasteiger partial charge in [0, 0.05) is 3.57 Å². The van der Waals surface area contributed by atoms with Crippen molar-refractivity contribution in [3.63, 3.8) is 0 Å². The van der Waals surface area contributed by atoms with Crippen LogP contribution in [0.2, 0.25) is 5.02 Å². The van der Waals surface area contributed by atoms with Gasteiger partial charge in [-0.05, 0) is 40.8 Å². The number of carboxylic acid groups (broad SMARTS) is 1. The van der Waals surface area contributed by atoms with E-state index in [0.717, 1.165) is 3.57 Å². The molecule has 1 aromatic carbocycles. The molecule has 0 amide bonds. The Balaban J connectivity index is 2.21. The number of hydrogen-bond donors (Lipinski definition) is 2. The van der Waals surface area contributed by atoms with Gasteiger partial charge in [0.05, 0.1) is 23.1 Å². The minimum atomic E-state index is -1.11. The Morgan fingerprint density at radius 1 is 1.33 bits per heavy atom. The van der Waals surface area contributed by atoms with Crippen LogP contribution in [0.1, 0.15) is 10.5 Å². The summed E-state index contributed by atoms with van der Waals surface area (Å²) >= 11 is 8.21. The van der Waals surface area contributed by atoms with Gasteiger partial charge in [0.2, 0.25) is 0 Å². The summed E-state index contributed by atoms with van der Waals surface area (Å²) in [7, 11) is 0. The Hall–Kier alpha value is -1.41. The first-order valence-electron chi connectivity index (χ1n) is 4.83. The van der Waals surface area contributed by atoms with Gasteiger partial charge < -0.3 is 10.4 Å². The molecule has 92 valence electrons. The minimum Gasteiger partial charge on any atom is -0.476 e. The van der Waals surface area contributed by atoms with Crippen LogP contribution in [0, 0.1) is 3.57 Å². The Kier molecular flexibility index (Phi) is 3.97. The SMILES string of the molecule is O=C(O)c1cnc(Nc2ccc(I)cc2Cl)cn1. The van der Waals surface area contributed by atoms with Gasteiger partial charge in [-0.15, -0.1) is 0 Å². The van der Waals surface area contributed by atoms with Gasteiger partial charge in [-0.1, -0.05) is 11.6 Å². The largest absolute Gasteiger partial charge is 0.476 e. The van der Waals surface area contributed by atoms with Crippen molar-refractivity contribution in [2.45, 2.75) is 0 Å². The molecule has 0 saturated heterocycles. The van der Waals surface area contributed by atoms with Crippen molar-refractivity contribution in [1.82, 2.24) is 9.97 Å². The lowest BCUT2D eigenvalue weighted by molar-refractivity contribution is 0.0690. The van der Waals surface area contributed by atoms with Crippen LogP contribution in [0.25, 0.3) is 0 Å². The van der Waals surface area contributed by atoms with E-state index in [2.05, 4.69) is 37.9 Å². The number of nitrogens with zero attached hydrogens (tertiary/aromatic N) is 2. The predicted octanol–water partition coefficient (Wildman–Crippen LogP) is 3.18. The number of rotatable bonds is 3. The van der Waals surface area contributed by atoms with Crippen LogP contribution in [-0.2, 0) is 0 Å². The third kappa shape index (κ3) is 3.08. The molecule has 0 aliphatic heterocycles. The number of hydrogen-bond acceptors (Lipinski definition) is 4. The zero-order valence-corrected chi connectivity index (χ0v) is 11.8. The first kappa shape index (κ1) is 13.0. The molecule has 18 heavy (non-hydrogen) atoms. The van der Waals surface area contributed by atoms with Crippen LogP contribution in [0.4, 0.5) is 11.5 Å². The van der Waals surface area contributed by atoms with Crippen molar-refractivity contribution in [2.75, 3.05) is 5.32 Å². The molecule has 0 radical (unpaired) electrons. The smallest absolute Gasteiger partial charge is 0.356 e. The van der Waals surface area contributed by atoms with Crippen LogP contribution in [-0.4, -0.2) is 21.0 Å². The number of aromatic nitrogens is 2. The van der Waals surface area contributed by atoms with Gasteiger partial charge >= 0.3 is 5.97 Å². The van der Waals surface area contributed by atoms with Crippen LogP contribution in [0.15, 0.2) is 30.6 Å². The number of aromatic carboxylic acids is 1. The summed E-state index contributed by atoms with van der Waals surface area (Å²) in [6, 6.07) is 5.52. The fourth-order valence-electron chi connectivity index (χ4n) is 1.23. The lowest BCUT2D eigenvalue weighted by Crippen LogP contribution is -2.02. The molecule has 5 nitrogen and oxygen atoms in total.